The number of fused-ring (bicyclic) bond motifs is 1. The minimum Gasteiger partial charge on any atom is -0.481 e. The fourth-order valence-electron chi connectivity index (χ4n) is 3.78. The molecule has 4 heterocycles. The number of aryl methyl sites for hydroxylation is 2. The van der Waals surface area contributed by atoms with Gasteiger partial charge in [-0.15, -0.1) is 0 Å². The summed E-state index contributed by atoms with van der Waals surface area (Å²) in [6.07, 6.45) is 4.71. The minimum atomic E-state index is 0.152. The Kier molecular flexibility index (Phi) is 5.04. The number of hydrogen-bond acceptors (Lipinski definition) is 7. The monoisotopic (exact) mass is 395 g/mol. The van der Waals surface area contributed by atoms with Crippen molar-refractivity contribution in [2.24, 2.45) is 7.05 Å². The number of carbonyl (C=O) groups excluding carboxylic acids is 1. The van der Waals surface area contributed by atoms with E-state index in [1.54, 1.807) is 13.3 Å². The largest absolute Gasteiger partial charge is 0.481 e. The summed E-state index contributed by atoms with van der Waals surface area (Å²) in [5.41, 5.74) is 3.27. The number of hydrogen-bond donors (Lipinski definition) is 1. The average Bonchev–Trinajstić information content (AvgIpc) is 3.33. The van der Waals surface area contributed by atoms with Crippen LogP contribution in [0, 0.1) is 6.92 Å². The molecule has 0 aromatic carbocycles. The number of nitrogens with zero attached hydrogens (tertiary/aromatic N) is 6. The summed E-state index contributed by atoms with van der Waals surface area (Å²) in [7, 11) is 3.54. The number of aromatic nitrogens is 5. The Morgan fingerprint density at radius 2 is 2.17 bits per heavy atom. The van der Waals surface area contributed by atoms with Crippen LogP contribution in [0.3, 0.4) is 0 Å². The quantitative estimate of drug-likeness (QED) is 0.707. The summed E-state index contributed by atoms with van der Waals surface area (Å²) >= 11 is 0. The van der Waals surface area contributed by atoms with Crippen LogP contribution in [0.1, 0.15) is 25.3 Å². The zero-order valence-electron chi connectivity index (χ0n) is 17.1. The molecule has 1 saturated heterocycles. The van der Waals surface area contributed by atoms with Crippen molar-refractivity contribution >= 4 is 22.9 Å². The molecule has 1 N–H and O–H groups in total. The number of likely N-dealkylation sites (tertiary alicyclic amines) is 1. The molecule has 1 unspecified atom stereocenters. The fourth-order valence-corrected chi connectivity index (χ4v) is 3.78. The van der Waals surface area contributed by atoms with Gasteiger partial charge in [0.25, 0.3) is 0 Å². The van der Waals surface area contributed by atoms with Crippen LogP contribution in [0.2, 0.25) is 0 Å². The molecule has 0 saturated carbocycles. The summed E-state index contributed by atoms with van der Waals surface area (Å²) < 4.78 is 7.19. The molecule has 1 aliphatic rings. The highest BCUT2D eigenvalue weighted by Gasteiger charge is 2.26. The van der Waals surface area contributed by atoms with Crippen molar-refractivity contribution in [3.05, 3.63) is 24.2 Å². The number of pyridine rings is 1. The van der Waals surface area contributed by atoms with Crippen LogP contribution in [0.25, 0.3) is 22.6 Å². The van der Waals surface area contributed by atoms with E-state index >= 15 is 0 Å². The first-order chi connectivity index (χ1) is 14.0. The summed E-state index contributed by atoms with van der Waals surface area (Å²) in [5.74, 6) is 2.23. The molecule has 9 heteroatoms. The van der Waals surface area contributed by atoms with E-state index in [-0.39, 0.29) is 11.9 Å². The van der Waals surface area contributed by atoms with E-state index in [4.69, 9.17) is 9.72 Å². The maximum Gasteiger partial charge on any atom is 0.222 e. The van der Waals surface area contributed by atoms with Crippen LogP contribution >= 0.6 is 0 Å². The predicted octanol–water partition coefficient (Wildman–Crippen LogP) is 2.17. The number of amides is 1. The first kappa shape index (κ1) is 19.1. The van der Waals surface area contributed by atoms with Gasteiger partial charge in [-0.1, -0.05) is 6.92 Å². The number of imidazole rings is 1. The Bertz CT molecular complexity index is 1060. The second-order valence-electron chi connectivity index (χ2n) is 7.26. The lowest BCUT2D eigenvalue weighted by molar-refractivity contribution is -0.129. The summed E-state index contributed by atoms with van der Waals surface area (Å²) in [5, 5.41) is 3.46. The van der Waals surface area contributed by atoms with Crippen LogP contribution in [-0.4, -0.2) is 61.6 Å². The molecule has 3 aromatic rings. The van der Waals surface area contributed by atoms with Crippen LogP contribution in [0.5, 0.6) is 5.88 Å². The molecule has 0 aliphatic carbocycles. The molecular weight excluding hydrogens is 370 g/mol. The van der Waals surface area contributed by atoms with Crippen LogP contribution in [0.4, 0.5) is 5.82 Å². The van der Waals surface area contributed by atoms with Gasteiger partial charge in [-0.3, -0.25) is 4.79 Å². The summed E-state index contributed by atoms with van der Waals surface area (Å²) in [4.78, 5) is 31.8. The Balaban J connectivity index is 1.65. The van der Waals surface area contributed by atoms with Crippen molar-refractivity contribution in [3.63, 3.8) is 0 Å². The van der Waals surface area contributed by atoms with E-state index < -0.39 is 0 Å². The van der Waals surface area contributed by atoms with Crippen LogP contribution in [-0.2, 0) is 11.8 Å². The standard InChI is InChI=1S/C20H25N7O2/c1-5-15(28)27-7-6-14(10-27)24-17-16-19(23-11-22-17)26(3)18(25-16)13-8-12(2)20(29-4)21-9-13/h8-9,11,14H,5-7,10H2,1-4H3,(H,22,23,24). The Hall–Kier alpha value is -3.23. The maximum absolute atomic E-state index is 11.9. The fraction of sp³-hybridized carbons (Fsp3) is 0.450. The molecule has 9 nitrogen and oxygen atoms in total. The van der Waals surface area contributed by atoms with E-state index in [1.807, 2.05) is 36.4 Å². The van der Waals surface area contributed by atoms with Crippen LogP contribution in [0.15, 0.2) is 18.6 Å². The van der Waals surface area contributed by atoms with Crippen LogP contribution < -0.4 is 10.1 Å². The van der Waals surface area contributed by atoms with Gasteiger partial charge in [0.1, 0.15) is 12.2 Å². The third-order valence-electron chi connectivity index (χ3n) is 5.32. The Labute approximate surface area is 169 Å². The highest BCUT2D eigenvalue weighted by Crippen LogP contribution is 2.28. The van der Waals surface area contributed by atoms with E-state index in [0.29, 0.717) is 30.2 Å². The zero-order valence-corrected chi connectivity index (χ0v) is 17.1. The summed E-state index contributed by atoms with van der Waals surface area (Å²) in [6.45, 7) is 5.29. The van der Waals surface area contributed by atoms with Gasteiger partial charge in [-0.05, 0) is 19.4 Å². The first-order valence-electron chi connectivity index (χ1n) is 9.74. The number of anilines is 1. The Morgan fingerprint density at radius 3 is 2.90 bits per heavy atom. The lowest BCUT2D eigenvalue weighted by Crippen LogP contribution is -2.31. The lowest BCUT2D eigenvalue weighted by atomic mass is 10.2. The molecule has 1 fully saturated rings. The summed E-state index contributed by atoms with van der Waals surface area (Å²) in [6, 6.07) is 2.15. The van der Waals surface area contributed by atoms with Gasteiger partial charge in [0.2, 0.25) is 11.8 Å². The number of ether oxygens (including phenoxy) is 1. The van der Waals surface area contributed by atoms with Crippen molar-refractivity contribution in [1.29, 1.82) is 0 Å². The van der Waals surface area contributed by atoms with Gasteiger partial charge >= 0.3 is 0 Å². The molecule has 3 aromatic heterocycles. The van der Waals surface area contributed by atoms with Crippen molar-refractivity contribution in [3.8, 4) is 17.3 Å². The molecule has 0 spiro atoms. The normalized spacial score (nSPS) is 16.4. The van der Waals surface area contributed by atoms with Gasteiger partial charge < -0.3 is 19.5 Å². The molecule has 29 heavy (non-hydrogen) atoms. The van der Waals surface area contributed by atoms with Crippen molar-refractivity contribution in [2.75, 3.05) is 25.5 Å². The molecule has 1 atom stereocenters. The van der Waals surface area contributed by atoms with E-state index in [0.717, 1.165) is 35.6 Å². The SMILES string of the molecule is CCC(=O)N1CCC(Nc2ncnc3c2nc(-c2cnc(OC)c(C)c2)n3C)C1. The highest BCUT2D eigenvalue weighted by atomic mass is 16.5. The van der Waals surface area contributed by atoms with Crippen molar-refractivity contribution in [1.82, 2.24) is 29.4 Å². The first-order valence-corrected chi connectivity index (χ1v) is 9.74. The molecule has 4 rings (SSSR count). The highest BCUT2D eigenvalue weighted by molar-refractivity contribution is 5.86. The smallest absolute Gasteiger partial charge is 0.222 e. The molecule has 0 radical (unpaired) electrons. The molecule has 1 amide bonds. The van der Waals surface area contributed by atoms with Crippen molar-refractivity contribution < 1.29 is 9.53 Å². The molecule has 1 aliphatic heterocycles. The second kappa shape index (κ2) is 7.65. The molecular formula is C20H25N7O2. The zero-order chi connectivity index (χ0) is 20.5. The van der Waals surface area contributed by atoms with Gasteiger partial charge in [-0.2, -0.15) is 0 Å². The number of methoxy groups -OCH3 is 1. The van der Waals surface area contributed by atoms with Gasteiger partial charge in [0.15, 0.2) is 17.0 Å². The maximum atomic E-state index is 11.9. The van der Waals surface area contributed by atoms with E-state index in [1.165, 1.54) is 6.33 Å². The van der Waals surface area contributed by atoms with E-state index in [2.05, 4.69) is 20.3 Å². The number of nitrogens with one attached hydrogen (secondary N) is 1. The topological polar surface area (TPSA) is 98.1 Å². The van der Waals surface area contributed by atoms with Crippen molar-refractivity contribution in [2.45, 2.75) is 32.7 Å². The third-order valence-corrected chi connectivity index (χ3v) is 5.32. The van der Waals surface area contributed by atoms with Gasteiger partial charge in [0, 0.05) is 49.9 Å². The molecule has 152 valence electrons. The van der Waals surface area contributed by atoms with Gasteiger partial charge in [-0.25, -0.2) is 19.9 Å². The Morgan fingerprint density at radius 1 is 1.34 bits per heavy atom. The predicted molar refractivity (Wildman–Crippen MR) is 110 cm³/mol. The number of rotatable bonds is 5. The molecule has 0 bridgehead atoms. The third kappa shape index (κ3) is 3.48. The second-order valence-corrected chi connectivity index (χ2v) is 7.26. The lowest BCUT2D eigenvalue weighted by Gasteiger charge is -2.16. The van der Waals surface area contributed by atoms with Gasteiger partial charge in [0.05, 0.1) is 7.11 Å². The minimum absolute atomic E-state index is 0.152. The average molecular weight is 395 g/mol. The number of carbonyl (C=O) groups is 1. The van der Waals surface area contributed by atoms with E-state index in [9.17, 15) is 4.79 Å².